The third-order valence-corrected chi connectivity index (χ3v) is 6.45. The van der Waals surface area contributed by atoms with Crippen LogP contribution in [0.3, 0.4) is 0 Å². The first-order valence-electron chi connectivity index (χ1n) is 5.58. The van der Waals surface area contributed by atoms with Gasteiger partial charge in [-0.1, -0.05) is 0 Å². The average molecular weight is 305 g/mol. The lowest BCUT2D eigenvalue weighted by Crippen LogP contribution is -2.56. The van der Waals surface area contributed by atoms with Gasteiger partial charge in [0.15, 0.2) is 9.84 Å². The molecule has 1 saturated heterocycles. The minimum atomic E-state index is -3.48. The Kier molecular flexibility index (Phi) is 3.59. The molecule has 0 atom stereocenters. The van der Waals surface area contributed by atoms with Crippen LogP contribution in [0.25, 0.3) is 0 Å². The van der Waals surface area contributed by atoms with E-state index in [2.05, 4.69) is 0 Å². The van der Waals surface area contributed by atoms with Gasteiger partial charge in [-0.2, -0.15) is 4.31 Å². The van der Waals surface area contributed by atoms with Crippen molar-refractivity contribution < 1.29 is 21.6 Å². The van der Waals surface area contributed by atoms with Gasteiger partial charge in [-0.3, -0.25) is 0 Å². The van der Waals surface area contributed by atoms with Crippen LogP contribution in [0.5, 0.6) is 5.75 Å². The Bertz CT molecular complexity index is 658. The zero-order chi connectivity index (χ0) is 14.3. The molecule has 0 bridgehead atoms. The molecule has 8 heteroatoms. The van der Waals surface area contributed by atoms with E-state index in [1.165, 1.54) is 19.2 Å². The Hall–Kier alpha value is -1.12. The van der Waals surface area contributed by atoms with Gasteiger partial charge in [0, 0.05) is 13.1 Å². The average Bonchev–Trinajstić information content (AvgIpc) is 2.24. The third kappa shape index (κ3) is 2.75. The maximum absolute atomic E-state index is 12.2. The van der Waals surface area contributed by atoms with Crippen molar-refractivity contribution in [1.82, 2.24) is 4.31 Å². The summed E-state index contributed by atoms with van der Waals surface area (Å²) in [7, 11) is -5.29. The molecule has 1 heterocycles. The van der Waals surface area contributed by atoms with Gasteiger partial charge in [-0.05, 0) is 24.3 Å². The molecule has 0 spiro atoms. The Morgan fingerprint density at radius 2 is 1.63 bits per heavy atom. The molecule has 0 unspecified atom stereocenters. The normalized spacial score (nSPS) is 18.0. The molecule has 0 amide bonds. The first kappa shape index (κ1) is 14.3. The summed E-state index contributed by atoms with van der Waals surface area (Å²) in [6.07, 6.45) is 1.07. The van der Waals surface area contributed by atoms with E-state index in [1.807, 2.05) is 0 Å². The number of benzene rings is 1. The number of sulfone groups is 1. The van der Waals surface area contributed by atoms with Gasteiger partial charge in [-0.25, -0.2) is 16.8 Å². The van der Waals surface area contributed by atoms with Crippen LogP contribution >= 0.6 is 0 Å². The van der Waals surface area contributed by atoms with Crippen molar-refractivity contribution in [2.24, 2.45) is 0 Å². The molecule has 6 nitrogen and oxygen atoms in total. The van der Waals surface area contributed by atoms with Crippen LogP contribution < -0.4 is 4.74 Å². The number of ether oxygens (including phenoxy) is 1. The molecule has 1 fully saturated rings. The smallest absolute Gasteiger partial charge is 0.211 e. The monoisotopic (exact) mass is 305 g/mol. The highest BCUT2D eigenvalue weighted by atomic mass is 32.2. The first-order chi connectivity index (χ1) is 8.75. The van der Waals surface area contributed by atoms with Gasteiger partial charge >= 0.3 is 0 Å². The third-order valence-electron chi connectivity index (χ3n) is 3.11. The van der Waals surface area contributed by atoms with Gasteiger partial charge in [0.25, 0.3) is 0 Å². The summed E-state index contributed by atoms with van der Waals surface area (Å²) in [5.41, 5.74) is 0. The van der Waals surface area contributed by atoms with Crippen LogP contribution in [0.15, 0.2) is 29.2 Å². The van der Waals surface area contributed by atoms with Crippen molar-refractivity contribution >= 4 is 19.9 Å². The predicted octanol–water partition coefficient (Wildman–Crippen LogP) is 0.113. The molecule has 0 aliphatic carbocycles. The second-order valence-corrected chi connectivity index (χ2v) is 8.63. The summed E-state index contributed by atoms with van der Waals surface area (Å²) in [6, 6.07) is 6.08. The Morgan fingerprint density at radius 3 is 2.05 bits per heavy atom. The van der Waals surface area contributed by atoms with Gasteiger partial charge in [0.05, 0.1) is 23.5 Å². The van der Waals surface area contributed by atoms with E-state index >= 15 is 0 Å². The second-order valence-electron chi connectivity index (χ2n) is 4.42. The van der Waals surface area contributed by atoms with Crippen LogP contribution in [0.2, 0.25) is 0 Å². The molecular formula is C11H15NO5S2. The van der Waals surface area contributed by atoms with E-state index in [-0.39, 0.29) is 18.0 Å². The van der Waals surface area contributed by atoms with Crippen LogP contribution in [0.4, 0.5) is 0 Å². The topological polar surface area (TPSA) is 80.8 Å². The fraction of sp³-hybridized carbons (Fsp3) is 0.455. The molecule has 1 aromatic carbocycles. The number of hydrogen-bond acceptors (Lipinski definition) is 5. The molecular weight excluding hydrogens is 290 g/mol. The zero-order valence-corrected chi connectivity index (χ0v) is 12.2. The highest BCUT2D eigenvalue weighted by molar-refractivity contribution is 7.92. The zero-order valence-electron chi connectivity index (χ0n) is 10.6. The number of nitrogens with zero attached hydrogens (tertiary/aromatic N) is 1. The van der Waals surface area contributed by atoms with E-state index in [0.717, 1.165) is 10.6 Å². The highest BCUT2D eigenvalue weighted by Crippen LogP contribution is 2.26. The molecule has 106 valence electrons. The molecule has 19 heavy (non-hydrogen) atoms. The largest absolute Gasteiger partial charge is 0.497 e. The number of methoxy groups -OCH3 is 1. The molecule has 0 radical (unpaired) electrons. The summed E-state index contributed by atoms with van der Waals surface area (Å²) in [5.74, 6) is 0.574. The molecule has 1 aliphatic heterocycles. The fourth-order valence-electron chi connectivity index (χ4n) is 1.83. The minimum absolute atomic E-state index is 0.0210. The maximum Gasteiger partial charge on any atom is 0.211 e. The van der Waals surface area contributed by atoms with E-state index in [9.17, 15) is 16.8 Å². The Labute approximate surface area is 113 Å². The molecule has 0 N–H and O–H groups in total. The van der Waals surface area contributed by atoms with Crippen molar-refractivity contribution in [1.29, 1.82) is 0 Å². The lowest BCUT2D eigenvalue weighted by molar-refractivity contribution is 0.312. The molecule has 0 saturated carbocycles. The van der Waals surface area contributed by atoms with E-state index in [0.29, 0.717) is 5.75 Å². The van der Waals surface area contributed by atoms with Gasteiger partial charge in [-0.15, -0.1) is 0 Å². The first-order valence-corrected chi connectivity index (χ1v) is 8.97. The number of sulfonamides is 1. The van der Waals surface area contributed by atoms with E-state index in [1.54, 1.807) is 12.1 Å². The quantitative estimate of drug-likeness (QED) is 0.789. The summed E-state index contributed by atoms with van der Waals surface area (Å²) in [4.78, 5) is 0.187. The van der Waals surface area contributed by atoms with Crippen LogP contribution in [-0.2, 0) is 19.9 Å². The number of rotatable bonds is 4. The minimum Gasteiger partial charge on any atom is -0.497 e. The maximum atomic E-state index is 12.2. The Morgan fingerprint density at radius 1 is 1.11 bits per heavy atom. The van der Waals surface area contributed by atoms with E-state index < -0.39 is 25.1 Å². The Balaban J connectivity index is 2.16. The number of hydrogen-bond donors (Lipinski definition) is 0. The van der Waals surface area contributed by atoms with Crippen molar-refractivity contribution in [2.45, 2.75) is 10.1 Å². The SMILES string of the molecule is COc1ccc(S(=O)(=O)C2CN(S(C)(=O)=O)C2)cc1. The second kappa shape index (κ2) is 4.77. The standard InChI is InChI=1S/C11H15NO5S2/c1-17-9-3-5-10(6-4-9)19(15,16)11-7-12(8-11)18(2,13)14/h3-6,11H,7-8H2,1-2H3. The van der Waals surface area contributed by atoms with Crippen LogP contribution in [0.1, 0.15) is 0 Å². The van der Waals surface area contributed by atoms with Gasteiger partial charge < -0.3 is 4.74 Å². The summed E-state index contributed by atoms with van der Waals surface area (Å²) in [5, 5.41) is -0.671. The molecule has 1 aromatic rings. The van der Waals surface area contributed by atoms with Crippen LogP contribution in [-0.4, -0.2) is 52.8 Å². The highest BCUT2D eigenvalue weighted by Gasteiger charge is 2.42. The lowest BCUT2D eigenvalue weighted by Gasteiger charge is -2.36. The van der Waals surface area contributed by atoms with E-state index in [4.69, 9.17) is 4.74 Å². The lowest BCUT2D eigenvalue weighted by atomic mass is 10.3. The van der Waals surface area contributed by atoms with Gasteiger partial charge in [0.1, 0.15) is 5.75 Å². The molecule has 1 aliphatic rings. The van der Waals surface area contributed by atoms with Crippen LogP contribution in [0, 0.1) is 0 Å². The van der Waals surface area contributed by atoms with Crippen molar-refractivity contribution in [3.63, 3.8) is 0 Å². The van der Waals surface area contributed by atoms with Crippen molar-refractivity contribution in [3.05, 3.63) is 24.3 Å². The predicted molar refractivity (Wildman–Crippen MR) is 70.4 cm³/mol. The van der Waals surface area contributed by atoms with Crippen molar-refractivity contribution in [2.75, 3.05) is 26.5 Å². The summed E-state index contributed by atoms with van der Waals surface area (Å²) >= 11 is 0. The van der Waals surface area contributed by atoms with Gasteiger partial charge in [0.2, 0.25) is 10.0 Å². The summed E-state index contributed by atoms with van der Waals surface area (Å²) < 4.78 is 53.0. The molecule has 0 aromatic heterocycles. The fourth-order valence-corrected chi connectivity index (χ4v) is 4.57. The molecule has 2 rings (SSSR count). The summed E-state index contributed by atoms with van der Waals surface area (Å²) in [6.45, 7) is 0.0421. The van der Waals surface area contributed by atoms with Crippen molar-refractivity contribution in [3.8, 4) is 5.75 Å².